The Morgan fingerprint density at radius 3 is 2.75 bits per heavy atom. The molecule has 0 aliphatic carbocycles. The molecule has 0 radical (unpaired) electrons. The van der Waals surface area contributed by atoms with Gasteiger partial charge in [-0.05, 0) is 6.92 Å². The van der Waals surface area contributed by atoms with E-state index in [1.165, 1.54) is 6.92 Å². The summed E-state index contributed by atoms with van der Waals surface area (Å²) in [6.45, 7) is 1.55. The molecule has 0 atom stereocenters. The molecule has 0 aliphatic heterocycles. The van der Waals surface area contributed by atoms with Gasteiger partial charge in [0, 0.05) is 6.20 Å². The van der Waals surface area contributed by atoms with Crippen LogP contribution >= 0.6 is 11.6 Å². The maximum atomic E-state index is 12.4. The van der Waals surface area contributed by atoms with Crippen LogP contribution in [-0.2, 0) is 4.74 Å². The van der Waals surface area contributed by atoms with E-state index < -0.39 is 34.1 Å². The number of hydrogen-bond acceptors (Lipinski definition) is 3. The molecule has 7 heteroatoms. The molecule has 1 aromatic heterocycles. The zero-order valence-corrected chi connectivity index (χ0v) is 8.98. The molecule has 0 bridgehead atoms. The van der Waals surface area contributed by atoms with E-state index in [4.69, 9.17) is 11.6 Å². The van der Waals surface area contributed by atoms with E-state index in [-0.39, 0.29) is 6.61 Å². The standard InChI is InChI=1S/C9H8ClF2NO3/c1-2-16-9(15)5-6(10)4(7(11)12)3-13-8(5)14/h3,7H,2H2,1H3,(H,13,14). The lowest BCUT2D eigenvalue weighted by Gasteiger charge is -2.06. The molecule has 0 spiro atoms. The maximum Gasteiger partial charge on any atom is 0.345 e. The number of rotatable bonds is 3. The number of ether oxygens (including phenoxy) is 1. The monoisotopic (exact) mass is 251 g/mol. The van der Waals surface area contributed by atoms with Crippen molar-refractivity contribution in [1.82, 2.24) is 4.98 Å². The molecular weight excluding hydrogens is 244 g/mol. The number of carbonyl (C=O) groups excluding carboxylic acids is 1. The molecule has 0 fully saturated rings. The van der Waals surface area contributed by atoms with Gasteiger partial charge in [0.05, 0.1) is 17.2 Å². The second kappa shape index (κ2) is 5.07. The predicted octanol–water partition coefficient (Wildman–Crippen LogP) is 2.14. The number of pyridine rings is 1. The van der Waals surface area contributed by atoms with Gasteiger partial charge in [0.15, 0.2) is 0 Å². The van der Waals surface area contributed by atoms with Gasteiger partial charge in [0.25, 0.3) is 12.0 Å². The van der Waals surface area contributed by atoms with Crippen molar-refractivity contribution in [1.29, 1.82) is 0 Å². The first-order chi connectivity index (χ1) is 7.49. The fourth-order valence-corrected chi connectivity index (χ4v) is 1.37. The summed E-state index contributed by atoms with van der Waals surface area (Å²) in [4.78, 5) is 24.5. The number of aromatic amines is 1. The number of alkyl halides is 2. The van der Waals surface area contributed by atoms with Crippen molar-refractivity contribution < 1.29 is 18.3 Å². The van der Waals surface area contributed by atoms with Crippen molar-refractivity contribution in [2.75, 3.05) is 6.61 Å². The summed E-state index contributed by atoms with van der Waals surface area (Å²) in [6, 6.07) is 0. The van der Waals surface area contributed by atoms with Crippen LogP contribution in [0, 0.1) is 0 Å². The third-order valence-corrected chi connectivity index (χ3v) is 2.18. The minimum Gasteiger partial charge on any atom is -0.462 e. The molecular formula is C9H8ClF2NO3. The van der Waals surface area contributed by atoms with Crippen LogP contribution in [0.4, 0.5) is 8.78 Å². The molecule has 0 aliphatic rings. The molecule has 1 N–H and O–H groups in total. The quantitative estimate of drug-likeness (QED) is 0.838. The maximum absolute atomic E-state index is 12.4. The first-order valence-corrected chi connectivity index (χ1v) is 4.73. The summed E-state index contributed by atoms with van der Waals surface area (Å²) in [5.74, 6) is -1.02. The Balaban J connectivity index is 3.32. The third-order valence-electron chi connectivity index (χ3n) is 1.77. The minimum atomic E-state index is -2.88. The summed E-state index contributed by atoms with van der Waals surface area (Å²) < 4.78 is 29.4. The van der Waals surface area contributed by atoms with Crippen molar-refractivity contribution in [3.05, 3.63) is 32.7 Å². The van der Waals surface area contributed by atoms with E-state index in [9.17, 15) is 18.4 Å². The Hall–Kier alpha value is -1.43. The fraction of sp³-hybridized carbons (Fsp3) is 0.333. The highest BCUT2D eigenvalue weighted by atomic mass is 35.5. The largest absolute Gasteiger partial charge is 0.462 e. The topological polar surface area (TPSA) is 59.2 Å². The van der Waals surface area contributed by atoms with Gasteiger partial charge in [0.2, 0.25) is 0 Å². The second-order valence-corrected chi connectivity index (χ2v) is 3.16. The van der Waals surface area contributed by atoms with E-state index >= 15 is 0 Å². The Morgan fingerprint density at radius 1 is 1.62 bits per heavy atom. The van der Waals surface area contributed by atoms with E-state index in [0.717, 1.165) is 6.20 Å². The van der Waals surface area contributed by atoms with Gasteiger partial charge in [-0.15, -0.1) is 0 Å². The summed E-state index contributed by atoms with van der Waals surface area (Å²) in [6.07, 6.45) is -2.10. The molecule has 0 aromatic carbocycles. The average Bonchev–Trinajstić information content (AvgIpc) is 2.17. The minimum absolute atomic E-state index is 0.0213. The van der Waals surface area contributed by atoms with Gasteiger partial charge in [-0.2, -0.15) is 0 Å². The van der Waals surface area contributed by atoms with E-state index in [1.807, 2.05) is 4.98 Å². The molecule has 4 nitrogen and oxygen atoms in total. The number of esters is 1. The van der Waals surface area contributed by atoms with Crippen molar-refractivity contribution in [2.45, 2.75) is 13.3 Å². The van der Waals surface area contributed by atoms with Crippen LogP contribution < -0.4 is 5.56 Å². The zero-order chi connectivity index (χ0) is 12.3. The molecule has 0 unspecified atom stereocenters. The van der Waals surface area contributed by atoms with Gasteiger partial charge in [-0.25, -0.2) is 13.6 Å². The molecule has 0 saturated carbocycles. The van der Waals surface area contributed by atoms with Crippen LogP contribution in [0.1, 0.15) is 29.3 Å². The molecule has 16 heavy (non-hydrogen) atoms. The number of hydrogen-bond donors (Lipinski definition) is 1. The van der Waals surface area contributed by atoms with E-state index in [1.54, 1.807) is 0 Å². The summed E-state index contributed by atoms with van der Waals surface area (Å²) in [7, 11) is 0. The first-order valence-electron chi connectivity index (χ1n) is 4.35. The Kier molecular flexibility index (Phi) is 4.00. The Bertz CT molecular complexity index is 459. The van der Waals surface area contributed by atoms with Crippen LogP contribution in [0.15, 0.2) is 11.0 Å². The number of aromatic nitrogens is 1. The Morgan fingerprint density at radius 2 is 2.25 bits per heavy atom. The third kappa shape index (κ3) is 2.38. The zero-order valence-electron chi connectivity index (χ0n) is 8.22. The van der Waals surface area contributed by atoms with Gasteiger partial charge < -0.3 is 9.72 Å². The van der Waals surface area contributed by atoms with Crippen LogP contribution in [0.5, 0.6) is 0 Å². The predicted molar refractivity (Wildman–Crippen MR) is 53.0 cm³/mol. The molecule has 88 valence electrons. The molecule has 1 aromatic rings. The van der Waals surface area contributed by atoms with Crippen molar-refractivity contribution in [3.8, 4) is 0 Å². The van der Waals surface area contributed by atoms with Crippen LogP contribution in [0.25, 0.3) is 0 Å². The van der Waals surface area contributed by atoms with Gasteiger partial charge >= 0.3 is 5.97 Å². The van der Waals surface area contributed by atoms with Crippen molar-refractivity contribution in [3.63, 3.8) is 0 Å². The number of H-pyrrole nitrogens is 1. The molecule has 1 rings (SSSR count). The molecule has 0 amide bonds. The van der Waals surface area contributed by atoms with E-state index in [0.29, 0.717) is 0 Å². The molecule has 0 saturated heterocycles. The van der Waals surface area contributed by atoms with Crippen molar-refractivity contribution >= 4 is 17.6 Å². The van der Waals surface area contributed by atoms with Crippen LogP contribution in [0.3, 0.4) is 0 Å². The average molecular weight is 252 g/mol. The Labute approximate surface area is 94.2 Å². The summed E-state index contributed by atoms with van der Waals surface area (Å²) >= 11 is 5.54. The van der Waals surface area contributed by atoms with Gasteiger partial charge in [-0.3, -0.25) is 4.79 Å². The summed E-state index contributed by atoms with van der Waals surface area (Å²) in [5, 5.41) is -0.572. The highest BCUT2D eigenvalue weighted by Crippen LogP contribution is 2.27. The second-order valence-electron chi connectivity index (χ2n) is 2.78. The number of carbonyl (C=O) groups is 1. The van der Waals surface area contributed by atoms with Gasteiger partial charge in [0.1, 0.15) is 5.56 Å². The van der Waals surface area contributed by atoms with Gasteiger partial charge in [-0.1, -0.05) is 11.6 Å². The number of nitrogens with one attached hydrogen (secondary N) is 1. The van der Waals surface area contributed by atoms with Crippen LogP contribution in [-0.4, -0.2) is 17.6 Å². The SMILES string of the molecule is CCOC(=O)c1c(Cl)c(C(F)F)c[nH]c1=O. The lowest BCUT2D eigenvalue weighted by atomic mass is 10.2. The lowest BCUT2D eigenvalue weighted by molar-refractivity contribution is 0.0524. The smallest absolute Gasteiger partial charge is 0.345 e. The summed E-state index contributed by atoms with van der Waals surface area (Å²) in [5.41, 5.74) is -2.06. The number of halogens is 3. The highest BCUT2D eigenvalue weighted by Gasteiger charge is 2.23. The van der Waals surface area contributed by atoms with Crippen molar-refractivity contribution in [2.24, 2.45) is 0 Å². The normalized spacial score (nSPS) is 10.6. The fourth-order valence-electron chi connectivity index (χ4n) is 1.07. The lowest BCUT2D eigenvalue weighted by Crippen LogP contribution is -2.21. The highest BCUT2D eigenvalue weighted by molar-refractivity contribution is 6.34. The van der Waals surface area contributed by atoms with E-state index in [2.05, 4.69) is 4.74 Å². The molecule has 1 heterocycles. The first kappa shape index (κ1) is 12.6. The van der Waals surface area contributed by atoms with Crippen LogP contribution in [0.2, 0.25) is 5.02 Å².